The molecule has 0 aromatic heterocycles. The van der Waals surface area contributed by atoms with Crippen molar-refractivity contribution >= 4 is 5.69 Å². The summed E-state index contributed by atoms with van der Waals surface area (Å²) >= 11 is 0. The summed E-state index contributed by atoms with van der Waals surface area (Å²) in [5.74, 6) is 0.652. The third-order valence-electron chi connectivity index (χ3n) is 3.72. The Morgan fingerprint density at radius 1 is 1.29 bits per heavy atom. The Hall–Kier alpha value is -1.06. The van der Waals surface area contributed by atoms with Crippen molar-refractivity contribution in [2.24, 2.45) is 5.92 Å². The van der Waals surface area contributed by atoms with E-state index in [1.807, 2.05) is 24.3 Å². The number of piperidine rings is 1. The number of aliphatic hydroxyl groups excluding tert-OH is 1. The summed E-state index contributed by atoms with van der Waals surface area (Å²) < 4.78 is 0. The fourth-order valence-corrected chi connectivity index (χ4v) is 2.47. The highest BCUT2D eigenvalue weighted by Gasteiger charge is 2.20. The molecular weight excluding hydrogens is 212 g/mol. The van der Waals surface area contributed by atoms with Gasteiger partial charge in [-0.05, 0) is 63.0 Å². The van der Waals surface area contributed by atoms with Gasteiger partial charge in [-0.1, -0.05) is 12.1 Å². The molecule has 1 aliphatic heterocycles. The van der Waals surface area contributed by atoms with Gasteiger partial charge in [0.15, 0.2) is 0 Å². The Balaban J connectivity index is 1.88. The highest BCUT2D eigenvalue weighted by molar-refractivity contribution is 5.39. The van der Waals surface area contributed by atoms with Gasteiger partial charge in [-0.25, -0.2) is 0 Å². The van der Waals surface area contributed by atoms with Crippen molar-refractivity contribution in [1.29, 1.82) is 0 Å². The quantitative estimate of drug-likeness (QED) is 0.787. The van der Waals surface area contributed by atoms with E-state index in [2.05, 4.69) is 11.9 Å². The normalized spacial score (nSPS) is 20.4. The van der Waals surface area contributed by atoms with Crippen LogP contribution < -0.4 is 5.73 Å². The second kappa shape index (κ2) is 5.52. The number of likely N-dealkylation sites (tertiary alicyclic amines) is 1. The molecule has 1 saturated heterocycles. The monoisotopic (exact) mass is 234 g/mol. The van der Waals surface area contributed by atoms with Crippen LogP contribution in [0.1, 0.15) is 30.9 Å². The van der Waals surface area contributed by atoms with Gasteiger partial charge in [-0.3, -0.25) is 0 Å². The number of aliphatic hydroxyl groups is 1. The van der Waals surface area contributed by atoms with Crippen molar-refractivity contribution in [3.63, 3.8) is 0 Å². The van der Waals surface area contributed by atoms with Crippen LogP contribution in [0.2, 0.25) is 0 Å². The molecule has 0 saturated carbocycles. The van der Waals surface area contributed by atoms with Crippen LogP contribution in [-0.4, -0.2) is 30.1 Å². The smallest absolute Gasteiger partial charge is 0.0792 e. The SMILES string of the molecule is CN1CCC(CC(O)c2ccc(N)cc2)CC1. The Bertz CT molecular complexity index is 342. The summed E-state index contributed by atoms with van der Waals surface area (Å²) in [6, 6.07) is 7.56. The molecule has 1 aromatic rings. The van der Waals surface area contributed by atoms with Crippen molar-refractivity contribution in [2.45, 2.75) is 25.4 Å². The molecule has 1 aromatic carbocycles. The predicted octanol–water partition coefficient (Wildman–Crippen LogP) is 2.03. The average Bonchev–Trinajstić information content (AvgIpc) is 2.33. The van der Waals surface area contributed by atoms with Crippen LogP contribution in [0.25, 0.3) is 0 Å². The molecule has 0 aliphatic carbocycles. The van der Waals surface area contributed by atoms with Crippen LogP contribution in [-0.2, 0) is 0 Å². The number of rotatable bonds is 3. The van der Waals surface area contributed by atoms with Crippen molar-refractivity contribution < 1.29 is 5.11 Å². The lowest BCUT2D eigenvalue weighted by atomic mass is 9.89. The first-order chi connectivity index (χ1) is 8.15. The van der Waals surface area contributed by atoms with Crippen LogP contribution in [0.15, 0.2) is 24.3 Å². The minimum Gasteiger partial charge on any atom is -0.399 e. The molecule has 1 fully saturated rings. The Kier molecular flexibility index (Phi) is 4.02. The number of nitrogen functional groups attached to an aromatic ring is 1. The van der Waals surface area contributed by atoms with E-state index in [4.69, 9.17) is 5.73 Å². The predicted molar refractivity (Wildman–Crippen MR) is 70.7 cm³/mol. The van der Waals surface area contributed by atoms with Crippen LogP contribution in [0, 0.1) is 5.92 Å². The topological polar surface area (TPSA) is 49.5 Å². The lowest BCUT2D eigenvalue weighted by molar-refractivity contribution is 0.116. The van der Waals surface area contributed by atoms with E-state index in [1.165, 1.54) is 12.8 Å². The molecule has 1 heterocycles. The Morgan fingerprint density at radius 2 is 1.88 bits per heavy atom. The van der Waals surface area contributed by atoms with Crippen LogP contribution in [0.3, 0.4) is 0 Å². The third kappa shape index (κ3) is 3.45. The number of hydrogen-bond acceptors (Lipinski definition) is 3. The molecule has 0 bridgehead atoms. The molecule has 17 heavy (non-hydrogen) atoms. The molecule has 0 amide bonds. The van der Waals surface area contributed by atoms with E-state index >= 15 is 0 Å². The summed E-state index contributed by atoms with van der Waals surface area (Å²) in [7, 11) is 2.16. The lowest BCUT2D eigenvalue weighted by Gasteiger charge is -2.30. The second-order valence-corrected chi connectivity index (χ2v) is 5.16. The van der Waals surface area contributed by atoms with Gasteiger partial charge in [0.25, 0.3) is 0 Å². The first-order valence-corrected chi connectivity index (χ1v) is 6.37. The van der Waals surface area contributed by atoms with Crippen molar-refractivity contribution in [3.8, 4) is 0 Å². The maximum absolute atomic E-state index is 10.2. The fraction of sp³-hybridized carbons (Fsp3) is 0.571. The van der Waals surface area contributed by atoms with Crippen molar-refractivity contribution in [3.05, 3.63) is 29.8 Å². The summed E-state index contributed by atoms with van der Waals surface area (Å²) in [6.07, 6.45) is 2.92. The molecule has 1 atom stereocenters. The summed E-state index contributed by atoms with van der Waals surface area (Å²) in [5, 5.41) is 10.2. The van der Waals surface area contributed by atoms with E-state index in [9.17, 15) is 5.11 Å². The van der Waals surface area contributed by atoms with E-state index in [0.29, 0.717) is 5.92 Å². The molecule has 3 nitrogen and oxygen atoms in total. The molecule has 3 heteroatoms. The van der Waals surface area contributed by atoms with Gasteiger partial charge in [0.1, 0.15) is 0 Å². The molecule has 94 valence electrons. The number of nitrogens with zero attached hydrogens (tertiary/aromatic N) is 1. The zero-order chi connectivity index (χ0) is 12.3. The van der Waals surface area contributed by atoms with Gasteiger partial charge in [0.05, 0.1) is 6.10 Å². The minimum atomic E-state index is -0.344. The average molecular weight is 234 g/mol. The lowest BCUT2D eigenvalue weighted by Crippen LogP contribution is -2.30. The summed E-state index contributed by atoms with van der Waals surface area (Å²) in [4.78, 5) is 2.35. The number of benzene rings is 1. The zero-order valence-electron chi connectivity index (χ0n) is 10.5. The largest absolute Gasteiger partial charge is 0.399 e. The number of anilines is 1. The molecule has 2 rings (SSSR count). The molecule has 3 N–H and O–H groups in total. The van der Waals surface area contributed by atoms with Gasteiger partial charge in [-0.15, -0.1) is 0 Å². The third-order valence-corrected chi connectivity index (χ3v) is 3.72. The molecule has 1 aliphatic rings. The molecule has 0 spiro atoms. The van der Waals surface area contributed by atoms with E-state index in [1.54, 1.807) is 0 Å². The van der Waals surface area contributed by atoms with Crippen LogP contribution >= 0.6 is 0 Å². The fourth-order valence-electron chi connectivity index (χ4n) is 2.47. The van der Waals surface area contributed by atoms with E-state index in [-0.39, 0.29) is 6.10 Å². The first-order valence-electron chi connectivity index (χ1n) is 6.37. The van der Waals surface area contributed by atoms with E-state index < -0.39 is 0 Å². The van der Waals surface area contributed by atoms with Crippen LogP contribution in [0.4, 0.5) is 5.69 Å². The minimum absolute atomic E-state index is 0.344. The second-order valence-electron chi connectivity index (χ2n) is 5.16. The summed E-state index contributed by atoms with van der Waals surface area (Å²) in [5.41, 5.74) is 7.37. The maximum Gasteiger partial charge on any atom is 0.0792 e. The van der Waals surface area contributed by atoms with Gasteiger partial charge >= 0.3 is 0 Å². The first kappa shape index (κ1) is 12.4. The molecule has 1 unspecified atom stereocenters. The Morgan fingerprint density at radius 3 is 2.47 bits per heavy atom. The molecule has 0 radical (unpaired) electrons. The van der Waals surface area contributed by atoms with Crippen molar-refractivity contribution in [1.82, 2.24) is 4.90 Å². The van der Waals surface area contributed by atoms with E-state index in [0.717, 1.165) is 30.8 Å². The van der Waals surface area contributed by atoms with Crippen molar-refractivity contribution in [2.75, 3.05) is 25.9 Å². The van der Waals surface area contributed by atoms with Gasteiger partial charge in [0.2, 0.25) is 0 Å². The van der Waals surface area contributed by atoms with Gasteiger partial charge in [0, 0.05) is 5.69 Å². The van der Waals surface area contributed by atoms with Gasteiger partial charge < -0.3 is 15.7 Å². The summed E-state index contributed by atoms with van der Waals surface area (Å²) in [6.45, 7) is 2.30. The maximum atomic E-state index is 10.2. The Labute approximate surface area is 103 Å². The highest BCUT2D eigenvalue weighted by atomic mass is 16.3. The van der Waals surface area contributed by atoms with Crippen LogP contribution in [0.5, 0.6) is 0 Å². The highest BCUT2D eigenvalue weighted by Crippen LogP contribution is 2.28. The molecular formula is C14H22N2O. The standard InChI is InChI=1S/C14H22N2O/c1-16-8-6-11(7-9-16)10-14(17)12-2-4-13(15)5-3-12/h2-5,11,14,17H,6-10,15H2,1H3. The number of nitrogens with two attached hydrogens (primary N) is 1. The van der Waals surface area contributed by atoms with Gasteiger partial charge in [-0.2, -0.15) is 0 Å². The zero-order valence-corrected chi connectivity index (χ0v) is 10.5. The number of hydrogen-bond donors (Lipinski definition) is 2.